The molecule has 2 aromatic heterocycles. The summed E-state index contributed by atoms with van der Waals surface area (Å²) in [7, 11) is 1.78. The molecule has 1 amide bonds. The van der Waals surface area contributed by atoms with Crippen molar-refractivity contribution in [3.05, 3.63) is 92.3 Å². The van der Waals surface area contributed by atoms with Crippen molar-refractivity contribution in [2.45, 2.75) is 20.5 Å². The first-order valence-electron chi connectivity index (χ1n) is 9.74. The largest absolute Gasteiger partial charge is 0.486 e. The van der Waals surface area contributed by atoms with E-state index in [0.29, 0.717) is 17.0 Å². The molecule has 8 heteroatoms. The van der Waals surface area contributed by atoms with Crippen LogP contribution in [0, 0.1) is 13.8 Å². The zero-order valence-electron chi connectivity index (χ0n) is 17.5. The number of aryl methyl sites for hydroxylation is 1. The van der Waals surface area contributed by atoms with Gasteiger partial charge in [-0.2, -0.15) is 0 Å². The standard InChI is InChI=1S/C23H22N4O3S/c1-15-21(23(29)27(26(15)3)18-9-5-4-6-10-18)25-22(28)19-11-7-8-12-20(19)30-13-17-14-31-16(2)24-17/h4-12,14H,13H2,1-3H3,(H,25,28). The van der Waals surface area contributed by atoms with Gasteiger partial charge in [0, 0.05) is 12.4 Å². The molecule has 1 N–H and O–H groups in total. The fraction of sp³-hybridized carbons (Fsp3) is 0.174. The van der Waals surface area contributed by atoms with Gasteiger partial charge in [-0.3, -0.25) is 14.3 Å². The third-order valence-corrected chi connectivity index (χ3v) is 5.79. The SMILES string of the molecule is Cc1nc(COc2ccccc2C(=O)Nc2c(C)n(C)n(-c3ccccc3)c2=O)cs1. The van der Waals surface area contributed by atoms with Crippen molar-refractivity contribution in [1.82, 2.24) is 14.3 Å². The van der Waals surface area contributed by atoms with Crippen LogP contribution in [0.25, 0.3) is 5.69 Å². The summed E-state index contributed by atoms with van der Waals surface area (Å²) in [5.41, 5.74) is 2.47. The Labute approximate surface area is 183 Å². The Morgan fingerprint density at radius 2 is 1.81 bits per heavy atom. The quantitative estimate of drug-likeness (QED) is 0.496. The predicted molar refractivity (Wildman–Crippen MR) is 121 cm³/mol. The van der Waals surface area contributed by atoms with Gasteiger partial charge in [-0.25, -0.2) is 9.67 Å². The zero-order chi connectivity index (χ0) is 22.0. The number of para-hydroxylation sites is 2. The maximum Gasteiger partial charge on any atom is 0.295 e. The lowest BCUT2D eigenvalue weighted by molar-refractivity contribution is 0.102. The summed E-state index contributed by atoms with van der Waals surface area (Å²) in [4.78, 5) is 30.5. The van der Waals surface area contributed by atoms with Crippen LogP contribution in [0.1, 0.15) is 26.8 Å². The van der Waals surface area contributed by atoms with Gasteiger partial charge in [0.2, 0.25) is 0 Å². The molecule has 0 saturated heterocycles. The maximum absolute atomic E-state index is 13.1. The van der Waals surface area contributed by atoms with Gasteiger partial charge in [0.25, 0.3) is 11.5 Å². The zero-order valence-corrected chi connectivity index (χ0v) is 18.3. The van der Waals surface area contributed by atoms with E-state index in [1.807, 2.05) is 42.6 Å². The number of hydrogen-bond donors (Lipinski definition) is 1. The summed E-state index contributed by atoms with van der Waals surface area (Å²) in [6, 6.07) is 16.3. The molecular formula is C23H22N4O3S. The van der Waals surface area contributed by atoms with Crippen LogP contribution in [0.5, 0.6) is 5.75 Å². The van der Waals surface area contributed by atoms with Crippen LogP contribution in [0.2, 0.25) is 0 Å². The van der Waals surface area contributed by atoms with Crippen molar-refractivity contribution in [1.29, 1.82) is 0 Å². The molecule has 158 valence electrons. The van der Waals surface area contributed by atoms with Gasteiger partial charge >= 0.3 is 0 Å². The van der Waals surface area contributed by atoms with Gasteiger partial charge in [-0.15, -0.1) is 11.3 Å². The van der Waals surface area contributed by atoms with Crippen LogP contribution in [-0.4, -0.2) is 20.3 Å². The molecule has 0 aliphatic carbocycles. The number of carbonyl (C=O) groups is 1. The highest BCUT2D eigenvalue weighted by atomic mass is 32.1. The third-order valence-electron chi connectivity index (χ3n) is 4.97. The molecule has 7 nitrogen and oxygen atoms in total. The van der Waals surface area contributed by atoms with Gasteiger partial charge in [0.15, 0.2) is 0 Å². The Kier molecular flexibility index (Phi) is 5.73. The number of carbonyl (C=O) groups excluding carboxylic acids is 1. The van der Waals surface area contributed by atoms with Crippen LogP contribution in [0.15, 0.2) is 64.8 Å². The summed E-state index contributed by atoms with van der Waals surface area (Å²) in [6.07, 6.45) is 0. The second-order valence-corrected chi connectivity index (χ2v) is 8.10. The number of hydrogen-bond acceptors (Lipinski definition) is 5. The molecule has 0 fully saturated rings. The minimum Gasteiger partial charge on any atom is -0.486 e. The summed E-state index contributed by atoms with van der Waals surface area (Å²) < 4.78 is 9.10. The maximum atomic E-state index is 13.1. The number of nitrogens with zero attached hydrogens (tertiary/aromatic N) is 3. The molecule has 0 unspecified atom stereocenters. The summed E-state index contributed by atoms with van der Waals surface area (Å²) in [6.45, 7) is 3.99. The first-order chi connectivity index (χ1) is 15.0. The van der Waals surface area contributed by atoms with Crippen molar-refractivity contribution >= 4 is 22.9 Å². The number of benzene rings is 2. The van der Waals surface area contributed by atoms with Gasteiger partial charge in [-0.05, 0) is 38.1 Å². The minimum absolute atomic E-state index is 0.237. The van der Waals surface area contributed by atoms with E-state index in [1.54, 1.807) is 54.3 Å². The Balaban J connectivity index is 1.60. The van der Waals surface area contributed by atoms with E-state index >= 15 is 0 Å². The number of nitrogens with one attached hydrogen (secondary N) is 1. The van der Waals surface area contributed by atoms with Crippen LogP contribution < -0.4 is 15.6 Å². The van der Waals surface area contributed by atoms with Crippen molar-refractivity contribution in [3.8, 4) is 11.4 Å². The number of thiazole rings is 1. The third kappa shape index (κ3) is 4.15. The molecule has 4 aromatic rings. The molecule has 0 spiro atoms. The Morgan fingerprint density at radius 1 is 1.10 bits per heavy atom. The summed E-state index contributed by atoms with van der Waals surface area (Å²) in [5.74, 6) is 0.0266. The normalized spacial score (nSPS) is 10.8. The van der Waals surface area contributed by atoms with Crippen LogP contribution in [0.3, 0.4) is 0 Å². The Bertz CT molecular complexity index is 1290. The Hall–Kier alpha value is -3.65. The van der Waals surface area contributed by atoms with Crippen molar-refractivity contribution in [2.75, 3.05) is 5.32 Å². The highest BCUT2D eigenvalue weighted by Crippen LogP contribution is 2.22. The molecule has 0 aliphatic rings. The Morgan fingerprint density at radius 3 is 2.52 bits per heavy atom. The fourth-order valence-electron chi connectivity index (χ4n) is 3.30. The minimum atomic E-state index is -0.406. The van der Waals surface area contributed by atoms with Crippen molar-refractivity contribution < 1.29 is 9.53 Å². The fourth-order valence-corrected chi connectivity index (χ4v) is 3.90. The van der Waals surface area contributed by atoms with Crippen molar-refractivity contribution in [3.63, 3.8) is 0 Å². The number of rotatable bonds is 6. The van der Waals surface area contributed by atoms with E-state index in [0.717, 1.165) is 16.4 Å². The lowest BCUT2D eigenvalue weighted by atomic mass is 10.2. The molecule has 0 bridgehead atoms. The molecule has 2 aromatic carbocycles. The van der Waals surface area contributed by atoms with E-state index in [2.05, 4.69) is 10.3 Å². The smallest absolute Gasteiger partial charge is 0.295 e. The predicted octanol–water partition coefficient (Wildman–Crippen LogP) is 4.08. The van der Waals surface area contributed by atoms with E-state index in [4.69, 9.17) is 4.74 Å². The van der Waals surface area contributed by atoms with E-state index in [1.165, 1.54) is 4.68 Å². The number of amides is 1. The second-order valence-electron chi connectivity index (χ2n) is 7.03. The number of anilines is 1. The number of aromatic nitrogens is 3. The van der Waals surface area contributed by atoms with Gasteiger partial charge in [-0.1, -0.05) is 30.3 Å². The highest BCUT2D eigenvalue weighted by molar-refractivity contribution is 7.09. The molecule has 31 heavy (non-hydrogen) atoms. The van der Waals surface area contributed by atoms with E-state index in [-0.39, 0.29) is 17.9 Å². The van der Waals surface area contributed by atoms with Gasteiger partial charge < -0.3 is 10.1 Å². The first kappa shape index (κ1) is 20.6. The summed E-state index contributed by atoms with van der Waals surface area (Å²) >= 11 is 1.55. The van der Waals surface area contributed by atoms with E-state index in [9.17, 15) is 9.59 Å². The number of ether oxygens (including phenoxy) is 1. The first-order valence-corrected chi connectivity index (χ1v) is 10.6. The average molecular weight is 435 g/mol. The lowest BCUT2D eigenvalue weighted by Crippen LogP contribution is -2.23. The average Bonchev–Trinajstić information content (AvgIpc) is 3.29. The lowest BCUT2D eigenvalue weighted by Gasteiger charge is -2.10. The molecule has 0 radical (unpaired) electrons. The summed E-state index contributed by atoms with van der Waals surface area (Å²) in [5, 5.41) is 5.67. The van der Waals surface area contributed by atoms with Gasteiger partial charge in [0.05, 0.1) is 27.6 Å². The second kappa shape index (κ2) is 8.61. The molecular weight excluding hydrogens is 412 g/mol. The molecule has 2 heterocycles. The van der Waals surface area contributed by atoms with Gasteiger partial charge in [0.1, 0.15) is 18.0 Å². The van der Waals surface area contributed by atoms with Crippen LogP contribution in [-0.2, 0) is 13.7 Å². The van der Waals surface area contributed by atoms with Crippen LogP contribution >= 0.6 is 11.3 Å². The van der Waals surface area contributed by atoms with E-state index < -0.39 is 5.91 Å². The monoisotopic (exact) mass is 434 g/mol. The highest BCUT2D eigenvalue weighted by Gasteiger charge is 2.20. The van der Waals surface area contributed by atoms with Crippen LogP contribution in [0.4, 0.5) is 5.69 Å². The van der Waals surface area contributed by atoms with Crippen molar-refractivity contribution in [2.24, 2.45) is 7.05 Å². The molecule has 0 atom stereocenters. The topological polar surface area (TPSA) is 78.2 Å². The molecule has 0 aliphatic heterocycles. The molecule has 4 rings (SSSR count). The molecule has 0 saturated carbocycles.